The Labute approximate surface area is 155 Å². The lowest BCUT2D eigenvalue weighted by Gasteiger charge is -2.11. The molecule has 0 unspecified atom stereocenters. The van der Waals surface area contributed by atoms with Gasteiger partial charge in [-0.3, -0.25) is 4.98 Å². The number of pyridine rings is 1. The summed E-state index contributed by atoms with van der Waals surface area (Å²) in [5, 5.41) is 3.39. The van der Waals surface area contributed by atoms with E-state index < -0.39 is 0 Å². The first kappa shape index (κ1) is 18.0. The van der Waals surface area contributed by atoms with Gasteiger partial charge >= 0.3 is 0 Å². The van der Waals surface area contributed by atoms with Gasteiger partial charge in [-0.15, -0.1) is 0 Å². The zero-order valence-electron chi connectivity index (χ0n) is 15.6. The molecule has 0 saturated heterocycles. The molecule has 5 heteroatoms. The molecule has 2 aromatic heterocycles. The fraction of sp³-hybridized carbons (Fsp3) is 0.286. The van der Waals surface area contributed by atoms with E-state index in [4.69, 9.17) is 0 Å². The topological polar surface area (TPSA) is 53.9 Å². The molecular weight excluding hydrogens is 322 g/mol. The highest BCUT2D eigenvalue weighted by molar-refractivity contribution is 5.60. The summed E-state index contributed by atoms with van der Waals surface area (Å²) in [5.41, 5.74) is 4.12. The summed E-state index contributed by atoms with van der Waals surface area (Å²) < 4.78 is 0. The summed E-state index contributed by atoms with van der Waals surface area (Å²) >= 11 is 0. The highest BCUT2D eigenvalue weighted by Crippen LogP contribution is 2.20. The molecule has 1 aromatic carbocycles. The molecule has 0 aliphatic carbocycles. The van der Waals surface area contributed by atoms with Gasteiger partial charge in [0.05, 0.1) is 0 Å². The van der Waals surface area contributed by atoms with Crippen LogP contribution in [0.2, 0.25) is 0 Å². The van der Waals surface area contributed by atoms with E-state index in [9.17, 15) is 0 Å². The lowest BCUT2D eigenvalue weighted by molar-refractivity contribution is 0.413. The first-order valence-electron chi connectivity index (χ1n) is 8.94. The van der Waals surface area contributed by atoms with Crippen molar-refractivity contribution >= 4 is 11.5 Å². The van der Waals surface area contributed by atoms with E-state index in [-0.39, 0.29) is 0 Å². The normalized spacial score (nSPS) is 10.9. The number of benzene rings is 1. The third kappa shape index (κ3) is 4.86. The molecule has 0 aliphatic heterocycles. The number of aryl methyl sites for hydroxylation is 1. The van der Waals surface area contributed by atoms with E-state index in [0.717, 1.165) is 42.3 Å². The molecular formula is C21H25N5. The number of rotatable bonds is 7. The van der Waals surface area contributed by atoms with E-state index in [0.29, 0.717) is 5.82 Å². The summed E-state index contributed by atoms with van der Waals surface area (Å²) in [4.78, 5) is 15.8. The van der Waals surface area contributed by atoms with Crippen molar-refractivity contribution in [2.75, 3.05) is 26.0 Å². The average molecular weight is 347 g/mol. The van der Waals surface area contributed by atoms with Crippen LogP contribution in [0.4, 0.5) is 11.5 Å². The van der Waals surface area contributed by atoms with Crippen LogP contribution < -0.4 is 5.32 Å². The highest BCUT2D eigenvalue weighted by Gasteiger charge is 2.07. The van der Waals surface area contributed by atoms with Gasteiger partial charge < -0.3 is 10.2 Å². The van der Waals surface area contributed by atoms with Gasteiger partial charge in [0.1, 0.15) is 11.5 Å². The van der Waals surface area contributed by atoms with Crippen molar-refractivity contribution in [1.82, 2.24) is 19.9 Å². The van der Waals surface area contributed by atoms with Gasteiger partial charge in [-0.05, 0) is 56.8 Å². The van der Waals surface area contributed by atoms with Gasteiger partial charge in [0.2, 0.25) is 0 Å². The molecule has 26 heavy (non-hydrogen) atoms. The first-order chi connectivity index (χ1) is 12.6. The van der Waals surface area contributed by atoms with Crippen LogP contribution in [0.1, 0.15) is 18.2 Å². The van der Waals surface area contributed by atoms with Crippen LogP contribution in [-0.4, -0.2) is 40.5 Å². The fourth-order valence-electron chi connectivity index (χ4n) is 2.61. The lowest BCUT2D eigenvalue weighted by Crippen LogP contribution is -2.14. The zero-order chi connectivity index (χ0) is 18.4. The number of nitrogens with one attached hydrogen (secondary N) is 1. The molecule has 3 aromatic rings. The van der Waals surface area contributed by atoms with Crippen LogP contribution in [0.3, 0.4) is 0 Å². The summed E-state index contributed by atoms with van der Waals surface area (Å²) in [6.45, 7) is 3.14. The molecule has 0 saturated carbocycles. The average Bonchev–Trinajstić information content (AvgIpc) is 2.68. The number of anilines is 2. The molecule has 5 nitrogen and oxygen atoms in total. The number of nitrogens with zero attached hydrogens (tertiary/aromatic N) is 4. The van der Waals surface area contributed by atoms with Crippen LogP contribution >= 0.6 is 0 Å². The van der Waals surface area contributed by atoms with E-state index in [1.807, 2.05) is 24.3 Å². The van der Waals surface area contributed by atoms with Crippen LogP contribution in [0.25, 0.3) is 11.5 Å². The Morgan fingerprint density at radius 1 is 1.00 bits per heavy atom. The van der Waals surface area contributed by atoms with Gasteiger partial charge in [0, 0.05) is 30.2 Å². The van der Waals surface area contributed by atoms with Crippen molar-refractivity contribution in [2.24, 2.45) is 0 Å². The van der Waals surface area contributed by atoms with Gasteiger partial charge in [0.15, 0.2) is 5.82 Å². The Morgan fingerprint density at radius 2 is 1.81 bits per heavy atom. The molecule has 0 bridgehead atoms. The van der Waals surface area contributed by atoms with Crippen molar-refractivity contribution in [1.29, 1.82) is 0 Å². The minimum atomic E-state index is 0.648. The maximum atomic E-state index is 4.64. The maximum Gasteiger partial charge on any atom is 0.180 e. The van der Waals surface area contributed by atoms with Crippen molar-refractivity contribution < 1.29 is 0 Å². The molecule has 3 rings (SSSR count). The number of hydrogen-bond acceptors (Lipinski definition) is 5. The van der Waals surface area contributed by atoms with Gasteiger partial charge in [-0.2, -0.15) is 0 Å². The van der Waals surface area contributed by atoms with E-state index in [2.05, 4.69) is 70.5 Å². The van der Waals surface area contributed by atoms with Crippen LogP contribution in [0, 0.1) is 0 Å². The molecule has 134 valence electrons. The largest absolute Gasteiger partial charge is 0.340 e. The minimum absolute atomic E-state index is 0.648. The standard InChI is InChI=1S/C21H25N5/c1-4-17-15-20(25-21(24-17)19-7-5-6-13-22-19)23-18-10-8-16(9-11-18)12-14-26(2)3/h5-11,13,15H,4,12,14H2,1-3H3,(H,23,24,25). The Balaban J connectivity index is 1.79. The molecule has 1 N–H and O–H groups in total. The number of hydrogen-bond donors (Lipinski definition) is 1. The lowest BCUT2D eigenvalue weighted by atomic mass is 10.1. The zero-order valence-corrected chi connectivity index (χ0v) is 15.6. The second-order valence-electron chi connectivity index (χ2n) is 6.51. The monoisotopic (exact) mass is 347 g/mol. The highest BCUT2D eigenvalue weighted by atomic mass is 15.1. The molecule has 2 heterocycles. The third-order valence-electron chi connectivity index (χ3n) is 4.11. The third-order valence-corrected chi connectivity index (χ3v) is 4.11. The second-order valence-corrected chi connectivity index (χ2v) is 6.51. The van der Waals surface area contributed by atoms with Crippen molar-refractivity contribution in [2.45, 2.75) is 19.8 Å². The van der Waals surface area contributed by atoms with E-state index in [1.54, 1.807) is 6.20 Å². The maximum absolute atomic E-state index is 4.64. The van der Waals surface area contributed by atoms with Crippen LogP contribution in [0.5, 0.6) is 0 Å². The predicted molar refractivity (Wildman–Crippen MR) is 107 cm³/mol. The number of aromatic nitrogens is 3. The van der Waals surface area contributed by atoms with Crippen LogP contribution in [0.15, 0.2) is 54.7 Å². The van der Waals surface area contributed by atoms with E-state index in [1.165, 1.54) is 5.56 Å². The molecule has 0 atom stereocenters. The van der Waals surface area contributed by atoms with Crippen molar-refractivity contribution in [3.05, 3.63) is 66.0 Å². The molecule has 0 radical (unpaired) electrons. The smallest absolute Gasteiger partial charge is 0.180 e. The Morgan fingerprint density at radius 3 is 2.46 bits per heavy atom. The summed E-state index contributed by atoms with van der Waals surface area (Å²) in [5.74, 6) is 1.44. The minimum Gasteiger partial charge on any atom is -0.340 e. The summed E-state index contributed by atoms with van der Waals surface area (Å²) in [7, 11) is 4.19. The Hall–Kier alpha value is -2.79. The second kappa shape index (κ2) is 8.54. The molecule has 0 fully saturated rings. The SMILES string of the molecule is CCc1cc(Nc2ccc(CCN(C)C)cc2)nc(-c2ccccn2)n1. The fourth-order valence-corrected chi connectivity index (χ4v) is 2.61. The predicted octanol–water partition coefficient (Wildman–Crippen LogP) is 3.95. The van der Waals surface area contributed by atoms with Gasteiger partial charge in [-0.1, -0.05) is 25.1 Å². The quantitative estimate of drug-likeness (QED) is 0.701. The summed E-state index contributed by atoms with van der Waals surface area (Å²) in [6.07, 6.45) is 3.65. The molecule has 0 amide bonds. The van der Waals surface area contributed by atoms with Crippen molar-refractivity contribution in [3.63, 3.8) is 0 Å². The van der Waals surface area contributed by atoms with Gasteiger partial charge in [0.25, 0.3) is 0 Å². The Kier molecular flexibility index (Phi) is 5.92. The summed E-state index contributed by atoms with van der Waals surface area (Å²) in [6, 6.07) is 16.3. The number of likely N-dealkylation sites (N-methyl/N-ethyl adjacent to an activating group) is 1. The van der Waals surface area contributed by atoms with E-state index >= 15 is 0 Å². The molecule has 0 aliphatic rings. The van der Waals surface area contributed by atoms with Crippen molar-refractivity contribution in [3.8, 4) is 11.5 Å². The molecule has 0 spiro atoms. The first-order valence-corrected chi connectivity index (χ1v) is 8.94. The van der Waals surface area contributed by atoms with Gasteiger partial charge in [-0.25, -0.2) is 9.97 Å². The Bertz CT molecular complexity index is 829. The van der Waals surface area contributed by atoms with Crippen LogP contribution in [-0.2, 0) is 12.8 Å².